The van der Waals surface area contributed by atoms with Gasteiger partial charge in [0, 0.05) is 11.8 Å². The van der Waals surface area contributed by atoms with Crippen molar-refractivity contribution in [2.45, 2.75) is 77.9 Å². The molecule has 36 heavy (non-hydrogen) atoms. The van der Waals surface area contributed by atoms with Gasteiger partial charge in [-0.2, -0.15) is 8.78 Å². The molecule has 2 aliphatic carbocycles. The van der Waals surface area contributed by atoms with Crippen LogP contribution in [0.3, 0.4) is 0 Å². The molecule has 1 amide bonds. The number of aromatic nitrogens is 1. The number of rotatable bonds is 7. The van der Waals surface area contributed by atoms with Crippen LogP contribution in [-0.4, -0.2) is 53.9 Å². The number of pyridine rings is 1. The molecule has 0 aromatic carbocycles. The minimum Gasteiger partial charge on any atom is -0.373 e. The Labute approximate surface area is 210 Å². The van der Waals surface area contributed by atoms with Gasteiger partial charge < -0.3 is 24.4 Å². The molecule has 0 spiro atoms. The number of nitrogens with one attached hydrogen (secondary N) is 1. The van der Waals surface area contributed by atoms with Crippen LogP contribution in [0.25, 0.3) is 0 Å². The Balaban J connectivity index is 1.39. The molecule has 9 heteroatoms. The van der Waals surface area contributed by atoms with E-state index in [-0.39, 0.29) is 42.0 Å². The molecule has 0 radical (unpaired) electrons. The molecule has 3 heterocycles. The van der Waals surface area contributed by atoms with Gasteiger partial charge in [0.05, 0.1) is 43.4 Å². The van der Waals surface area contributed by atoms with Gasteiger partial charge in [-0.15, -0.1) is 0 Å². The number of nitrogens with zero attached hydrogens (tertiary/aromatic N) is 2. The fraction of sp³-hybridized carbons (Fsp3) is 0.630. The Morgan fingerprint density at radius 3 is 2.92 bits per heavy atom. The second-order valence-corrected chi connectivity index (χ2v) is 10.8. The minimum absolute atomic E-state index is 0.000297. The first-order valence-electron chi connectivity index (χ1n) is 12.9. The molecule has 1 aromatic rings. The highest BCUT2D eigenvalue weighted by molar-refractivity contribution is 5.84. The smallest absolute Gasteiger partial charge is 0.345 e. The van der Waals surface area contributed by atoms with E-state index in [4.69, 9.17) is 9.47 Å². The van der Waals surface area contributed by atoms with Gasteiger partial charge in [0.1, 0.15) is 11.9 Å². The van der Waals surface area contributed by atoms with Gasteiger partial charge in [0.25, 0.3) is 5.91 Å². The SMILES string of the molecule is CC(C)O[C@H]1CC[C@H](C(=O)N2Cc3cccnc3NC3=CCC(C)(C4CC4COC(F)F)C=C32)OC1. The first-order chi connectivity index (χ1) is 17.2. The molecule has 5 atom stereocenters. The molecule has 1 aromatic heterocycles. The van der Waals surface area contributed by atoms with Gasteiger partial charge in [-0.05, 0) is 62.8 Å². The fourth-order valence-corrected chi connectivity index (χ4v) is 5.75. The van der Waals surface area contributed by atoms with Gasteiger partial charge in [0.2, 0.25) is 0 Å². The second kappa shape index (κ2) is 10.2. The van der Waals surface area contributed by atoms with Crippen LogP contribution in [0.5, 0.6) is 0 Å². The van der Waals surface area contributed by atoms with Crippen molar-refractivity contribution >= 4 is 11.7 Å². The predicted molar refractivity (Wildman–Crippen MR) is 130 cm³/mol. The lowest BCUT2D eigenvalue weighted by Crippen LogP contribution is -2.45. The van der Waals surface area contributed by atoms with E-state index in [9.17, 15) is 13.6 Å². The second-order valence-electron chi connectivity index (χ2n) is 10.8. The highest BCUT2D eigenvalue weighted by Crippen LogP contribution is 2.56. The largest absolute Gasteiger partial charge is 0.373 e. The van der Waals surface area contributed by atoms with E-state index in [0.29, 0.717) is 19.6 Å². The number of amides is 1. The molecule has 1 saturated heterocycles. The Hall–Kier alpha value is -2.36. The summed E-state index contributed by atoms with van der Waals surface area (Å²) in [6, 6.07) is 3.84. The number of hydrogen-bond donors (Lipinski definition) is 1. The third-order valence-electron chi connectivity index (χ3n) is 7.70. The number of ether oxygens (including phenoxy) is 3. The summed E-state index contributed by atoms with van der Waals surface area (Å²) >= 11 is 0. The summed E-state index contributed by atoms with van der Waals surface area (Å²) in [6.07, 6.45) is 8.51. The zero-order valence-electron chi connectivity index (χ0n) is 21.1. The number of carbonyl (C=O) groups is 1. The first-order valence-corrected chi connectivity index (χ1v) is 12.9. The number of alkyl halides is 2. The zero-order chi connectivity index (χ0) is 25.4. The monoisotopic (exact) mass is 503 g/mol. The van der Waals surface area contributed by atoms with Crippen molar-refractivity contribution in [3.8, 4) is 0 Å². The van der Waals surface area contributed by atoms with Crippen LogP contribution in [0, 0.1) is 17.3 Å². The molecule has 7 nitrogen and oxygen atoms in total. The van der Waals surface area contributed by atoms with Crippen LogP contribution in [0.15, 0.2) is 41.9 Å². The van der Waals surface area contributed by atoms with Crippen LogP contribution in [-0.2, 0) is 25.5 Å². The third kappa shape index (κ3) is 5.33. The van der Waals surface area contributed by atoms with Crippen molar-refractivity contribution in [3.63, 3.8) is 0 Å². The Bertz CT molecular complexity index is 1040. The van der Waals surface area contributed by atoms with E-state index in [1.54, 1.807) is 6.20 Å². The first kappa shape index (κ1) is 25.3. The van der Waals surface area contributed by atoms with Crippen molar-refractivity contribution in [2.75, 3.05) is 18.5 Å². The number of hydrogen-bond acceptors (Lipinski definition) is 6. The molecular weight excluding hydrogens is 468 g/mol. The summed E-state index contributed by atoms with van der Waals surface area (Å²) in [5.41, 5.74) is 2.31. The van der Waals surface area contributed by atoms with Crippen LogP contribution in [0.4, 0.5) is 14.6 Å². The summed E-state index contributed by atoms with van der Waals surface area (Å²) < 4.78 is 41.6. The number of halogens is 2. The van der Waals surface area contributed by atoms with Gasteiger partial charge in [-0.1, -0.05) is 25.1 Å². The lowest BCUT2D eigenvalue weighted by atomic mass is 9.76. The van der Waals surface area contributed by atoms with E-state index >= 15 is 0 Å². The van der Waals surface area contributed by atoms with Crippen LogP contribution >= 0.6 is 0 Å². The topological polar surface area (TPSA) is 72.9 Å². The van der Waals surface area contributed by atoms with E-state index in [2.05, 4.69) is 34.1 Å². The average molecular weight is 504 g/mol. The van der Waals surface area contributed by atoms with E-state index in [0.717, 1.165) is 42.0 Å². The van der Waals surface area contributed by atoms with Crippen molar-refractivity contribution in [2.24, 2.45) is 17.3 Å². The quantitative estimate of drug-likeness (QED) is 0.573. The molecule has 1 N–H and O–H groups in total. The third-order valence-corrected chi connectivity index (χ3v) is 7.70. The van der Waals surface area contributed by atoms with E-state index in [1.807, 2.05) is 30.9 Å². The molecule has 2 fully saturated rings. The van der Waals surface area contributed by atoms with Gasteiger partial charge in [-0.3, -0.25) is 4.79 Å². The van der Waals surface area contributed by atoms with Crippen molar-refractivity contribution in [3.05, 3.63) is 47.4 Å². The summed E-state index contributed by atoms with van der Waals surface area (Å²) in [4.78, 5) is 20.2. The molecule has 0 bridgehead atoms. The van der Waals surface area contributed by atoms with Crippen molar-refractivity contribution in [1.82, 2.24) is 9.88 Å². The molecule has 5 rings (SSSR count). The van der Waals surface area contributed by atoms with Gasteiger partial charge >= 0.3 is 6.61 Å². The molecule has 3 unspecified atom stereocenters. The summed E-state index contributed by atoms with van der Waals surface area (Å²) in [5, 5.41) is 3.43. The standard InChI is InChI=1S/C27H35F2N3O4/c1-16(2)36-19-6-7-23(34-15-19)25(33)32-13-17-5-4-10-30-24(17)31-21-8-9-27(3,12-22(21)32)20-11-18(20)14-35-26(28)29/h4-5,8,10,12,16,18-20,23,26H,6-7,9,11,13-15H2,1-3H3,(H,30,31)/t18?,19-,20?,23+,27?/m0/s1. The lowest BCUT2D eigenvalue weighted by Gasteiger charge is -2.37. The predicted octanol–water partition coefficient (Wildman–Crippen LogP) is 4.86. The average Bonchev–Trinajstić information content (AvgIpc) is 3.65. The Morgan fingerprint density at radius 1 is 1.36 bits per heavy atom. The molecule has 196 valence electrons. The zero-order valence-corrected chi connectivity index (χ0v) is 21.1. The number of carbonyl (C=O) groups excluding carboxylic acids is 1. The number of fused-ring (bicyclic) bond motifs is 2. The molecular formula is C27H35F2N3O4. The lowest BCUT2D eigenvalue weighted by molar-refractivity contribution is -0.154. The summed E-state index contributed by atoms with van der Waals surface area (Å²) in [5.74, 6) is 0.976. The van der Waals surface area contributed by atoms with Gasteiger partial charge in [-0.25, -0.2) is 4.98 Å². The highest BCUT2D eigenvalue weighted by Gasteiger charge is 2.50. The molecule has 1 saturated carbocycles. The van der Waals surface area contributed by atoms with E-state index < -0.39 is 12.7 Å². The Morgan fingerprint density at radius 2 is 2.19 bits per heavy atom. The molecule has 2 aliphatic heterocycles. The summed E-state index contributed by atoms with van der Waals surface area (Å²) in [6.45, 7) is 4.22. The van der Waals surface area contributed by atoms with Crippen molar-refractivity contribution < 1.29 is 27.8 Å². The maximum atomic E-state index is 13.9. The maximum absolute atomic E-state index is 13.9. The van der Waals surface area contributed by atoms with Crippen LogP contribution < -0.4 is 5.32 Å². The highest BCUT2D eigenvalue weighted by atomic mass is 19.3. The molecule has 4 aliphatic rings. The number of anilines is 1. The van der Waals surface area contributed by atoms with Gasteiger partial charge in [0.15, 0.2) is 0 Å². The normalized spacial score (nSPS) is 31.7. The fourth-order valence-electron chi connectivity index (χ4n) is 5.75. The maximum Gasteiger partial charge on any atom is 0.345 e. The van der Waals surface area contributed by atoms with Crippen molar-refractivity contribution in [1.29, 1.82) is 0 Å². The van der Waals surface area contributed by atoms with E-state index in [1.165, 1.54) is 0 Å². The minimum atomic E-state index is -2.75. The van der Waals surface area contributed by atoms with Crippen LogP contribution in [0.2, 0.25) is 0 Å². The summed E-state index contributed by atoms with van der Waals surface area (Å²) in [7, 11) is 0. The Kier molecular flexibility index (Phi) is 7.16. The van der Waals surface area contributed by atoms with Crippen LogP contribution in [0.1, 0.15) is 52.0 Å². The number of allylic oxidation sites excluding steroid dienone is 2.